The summed E-state index contributed by atoms with van der Waals surface area (Å²) in [5.74, 6) is -1.40. The van der Waals surface area contributed by atoms with Gasteiger partial charge >= 0.3 is 5.97 Å². The van der Waals surface area contributed by atoms with Crippen molar-refractivity contribution in [2.45, 2.75) is 13.8 Å². The molecule has 0 heterocycles. The van der Waals surface area contributed by atoms with E-state index in [4.69, 9.17) is 4.74 Å². The number of anilines is 2. The van der Waals surface area contributed by atoms with Gasteiger partial charge in [0.05, 0.1) is 17.9 Å². The third kappa shape index (κ3) is 4.81. The Hall–Kier alpha value is -3.35. The minimum Gasteiger partial charge on any atom is -0.508 e. The number of hydrogen-bond donors (Lipinski definition) is 3. The van der Waals surface area contributed by atoms with E-state index in [1.165, 1.54) is 25.1 Å². The molecule has 0 spiro atoms. The van der Waals surface area contributed by atoms with Crippen molar-refractivity contribution in [2.75, 3.05) is 17.2 Å². The van der Waals surface area contributed by atoms with Gasteiger partial charge in [0.15, 0.2) is 0 Å². The molecule has 0 aliphatic rings. The van der Waals surface area contributed by atoms with Gasteiger partial charge in [-0.15, -0.1) is 0 Å². The smallest absolute Gasteiger partial charge is 0.340 e. The summed E-state index contributed by atoms with van der Waals surface area (Å²) in [6.45, 7) is 3.23. The lowest BCUT2D eigenvalue weighted by Gasteiger charge is -2.11. The largest absolute Gasteiger partial charge is 0.508 e. The van der Waals surface area contributed by atoms with Crippen molar-refractivity contribution in [3.63, 3.8) is 0 Å². The van der Waals surface area contributed by atoms with Crippen LogP contribution in [0.1, 0.15) is 34.6 Å². The Balaban J connectivity index is 2.20. The van der Waals surface area contributed by atoms with Gasteiger partial charge in [-0.25, -0.2) is 4.79 Å². The van der Waals surface area contributed by atoms with Crippen LogP contribution in [-0.2, 0) is 9.53 Å². The van der Waals surface area contributed by atoms with Gasteiger partial charge in [0, 0.05) is 18.2 Å². The second-order valence-electron chi connectivity index (χ2n) is 5.16. The number of nitrogens with one attached hydrogen (secondary N) is 2. The molecule has 0 aliphatic carbocycles. The number of carbonyl (C=O) groups is 3. The van der Waals surface area contributed by atoms with Crippen LogP contribution >= 0.6 is 0 Å². The van der Waals surface area contributed by atoms with Crippen LogP contribution in [0.15, 0.2) is 42.5 Å². The summed E-state index contributed by atoms with van der Waals surface area (Å²) >= 11 is 0. The highest BCUT2D eigenvalue weighted by molar-refractivity contribution is 6.08. The highest BCUT2D eigenvalue weighted by atomic mass is 16.5. The Bertz CT molecular complexity index is 800. The van der Waals surface area contributed by atoms with Gasteiger partial charge in [0.1, 0.15) is 5.75 Å². The number of aromatic hydroxyl groups is 1. The summed E-state index contributed by atoms with van der Waals surface area (Å²) in [6, 6.07) is 10.3. The minimum absolute atomic E-state index is 0.0602. The predicted octanol–water partition coefficient (Wildman–Crippen LogP) is 2.78. The van der Waals surface area contributed by atoms with Crippen molar-refractivity contribution in [3.8, 4) is 5.75 Å². The van der Waals surface area contributed by atoms with E-state index in [1.54, 1.807) is 31.2 Å². The van der Waals surface area contributed by atoms with Crippen molar-refractivity contribution in [1.29, 1.82) is 0 Å². The number of rotatable bonds is 5. The lowest BCUT2D eigenvalue weighted by molar-refractivity contribution is -0.114. The van der Waals surface area contributed by atoms with E-state index in [-0.39, 0.29) is 29.5 Å². The fraction of sp³-hybridized carbons (Fsp3) is 0.167. The maximum absolute atomic E-state index is 12.4. The van der Waals surface area contributed by atoms with Gasteiger partial charge in [-0.3, -0.25) is 9.59 Å². The average Bonchev–Trinajstić information content (AvgIpc) is 2.56. The normalized spacial score (nSPS) is 10.0. The molecule has 7 nitrogen and oxygen atoms in total. The molecule has 130 valence electrons. The molecule has 7 heteroatoms. The average molecular weight is 342 g/mol. The lowest BCUT2D eigenvalue weighted by atomic mass is 10.1. The zero-order valence-corrected chi connectivity index (χ0v) is 13.8. The highest BCUT2D eigenvalue weighted by Crippen LogP contribution is 2.23. The molecular weight excluding hydrogens is 324 g/mol. The molecule has 0 radical (unpaired) electrons. The summed E-state index contributed by atoms with van der Waals surface area (Å²) in [5, 5.41) is 14.8. The van der Waals surface area contributed by atoms with Gasteiger partial charge in [0.2, 0.25) is 5.91 Å². The molecule has 0 fully saturated rings. The lowest BCUT2D eigenvalue weighted by Crippen LogP contribution is -2.16. The monoisotopic (exact) mass is 342 g/mol. The van der Waals surface area contributed by atoms with E-state index in [0.29, 0.717) is 11.3 Å². The van der Waals surface area contributed by atoms with Gasteiger partial charge in [-0.05, 0) is 49.4 Å². The number of ether oxygens (including phenoxy) is 1. The molecule has 0 unspecified atom stereocenters. The summed E-state index contributed by atoms with van der Waals surface area (Å²) < 4.78 is 4.92. The minimum atomic E-state index is -0.644. The molecule has 0 saturated carbocycles. The van der Waals surface area contributed by atoms with Crippen molar-refractivity contribution in [1.82, 2.24) is 0 Å². The third-order valence-electron chi connectivity index (χ3n) is 3.21. The molecule has 2 aromatic rings. The topological polar surface area (TPSA) is 105 Å². The maximum Gasteiger partial charge on any atom is 0.340 e. The van der Waals surface area contributed by atoms with Crippen LogP contribution in [0.2, 0.25) is 0 Å². The Morgan fingerprint density at radius 2 is 1.72 bits per heavy atom. The Labute approximate surface area is 144 Å². The summed E-state index contributed by atoms with van der Waals surface area (Å²) in [5.41, 5.74) is 1.20. The Morgan fingerprint density at radius 1 is 1.04 bits per heavy atom. The SMILES string of the molecule is CCOC(=O)c1cc(O)ccc1NC(=O)c1ccc(NC(C)=O)cc1. The molecule has 0 atom stereocenters. The van der Waals surface area contributed by atoms with Crippen LogP contribution in [0.5, 0.6) is 5.75 Å². The van der Waals surface area contributed by atoms with E-state index < -0.39 is 11.9 Å². The number of hydrogen-bond acceptors (Lipinski definition) is 5. The van der Waals surface area contributed by atoms with Crippen molar-refractivity contribution in [2.24, 2.45) is 0 Å². The number of phenolic OH excluding ortho intramolecular Hbond substituents is 1. The van der Waals surface area contributed by atoms with Crippen LogP contribution in [0.4, 0.5) is 11.4 Å². The second kappa shape index (κ2) is 7.96. The Morgan fingerprint density at radius 3 is 2.32 bits per heavy atom. The molecule has 2 aromatic carbocycles. The van der Waals surface area contributed by atoms with Crippen molar-refractivity contribution >= 4 is 29.2 Å². The molecule has 0 aliphatic heterocycles. The third-order valence-corrected chi connectivity index (χ3v) is 3.21. The summed E-state index contributed by atoms with van der Waals surface area (Å²) in [4.78, 5) is 35.3. The number of benzene rings is 2. The number of amides is 2. The van der Waals surface area contributed by atoms with Crippen molar-refractivity contribution < 1.29 is 24.2 Å². The highest BCUT2D eigenvalue weighted by Gasteiger charge is 2.16. The number of esters is 1. The molecule has 0 bridgehead atoms. The summed E-state index contributed by atoms with van der Waals surface area (Å²) in [7, 11) is 0. The second-order valence-corrected chi connectivity index (χ2v) is 5.16. The van der Waals surface area contributed by atoms with E-state index >= 15 is 0 Å². The molecule has 2 rings (SSSR count). The first-order chi connectivity index (χ1) is 11.9. The standard InChI is InChI=1S/C18H18N2O5/c1-3-25-18(24)15-10-14(22)8-9-16(15)20-17(23)12-4-6-13(7-5-12)19-11(2)21/h4-10,22H,3H2,1-2H3,(H,19,21)(H,20,23). The molecule has 2 amide bonds. The predicted molar refractivity (Wildman–Crippen MR) is 92.8 cm³/mol. The summed E-state index contributed by atoms with van der Waals surface area (Å²) in [6.07, 6.45) is 0. The molecule has 25 heavy (non-hydrogen) atoms. The first-order valence-electron chi connectivity index (χ1n) is 7.60. The molecule has 0 aromatic heterocycles. The zero-order chi connectivity index (χ0) is 18.4. The van der Waals surface area contributed by atoms with Crippen LogP contribution in [-0.4, -0.2) is 29.5 Å². The zero-order valence-electron chi connectivity index (χ0n) is 13.8. The first-order valence-corrected chi connectivity index (χ1v) is 7.60. The van der Waals surface area contributed by atoms with E-state index in [9.17, 15) is 19.5 Å². The molecule has 3 N–H and O–H groups in total. The van der Waals surface area contributed by atoms with Gasteiger partial charge in [-0.1, -0.05) is 0 Å². The van der Waals surface area contributed by atoms with Crippen LogP contribution in [0.25, 0.3) is 0 Å². The number of phenols is 1. The van der Waals surface area contributed by atoms with E-state index in [0.717, 1.165) is 0 Å². The van der Waals surface area contributed by atoms with Gasteiger partial charge in [0.25, 0.3) is 5.91 Å². The fourth-order valence-electron chi connectivity index (χ4n) is 2.12. The van der Waals surface area contributed by atoms with Gasteiger partial charge in [-0.2, -0.15) is 0 Å². The Kier molecular flexibility index (Phi) is 5.73. The van der Waals surface area contributed by atoms with Crippen molar-refractivity contribution in [3.05, 3.63) is 53.6 Å². The number of carbonyl (C=O) groups excluding carboxylic acids is 3. The quantitative estimate of drug-likeness (QED) is 0.572. The van der Waals surface area contributed by atoms with Crippen LogP contribution in [0.3, 0.4) is 0 Å². The van der Waals surface area contributed by atoms with Crippen LogP contribution in [0, 0.1) is 0 Å². The maximum atomic E-state index is 12.4. The van der Waals surface area contributed by atoms with E-state index in [2.05, 4.69) is 10.6 Å². The molecular formula is C18H18N2O5. The fourth-order valence-corrected chi connectivity index (χ4v) is 2.12. The molecule has 0 saturated heterocycles. The van der Waals surface area contributed by atoms with E-state index in [1.807, 2.05) is 0 Å². The van der Waals surface area contributed by atoms with Crippen LogP contribution < -0.4 is 10.6 Å². The van der Waals surface area contributed by atoms with Gasteiger partial charge < -0.3 is 20.5 Å². The first kappa shape index (κ1) is 18.0.